The molecule has 0 saturated heterocycles. The Labute approximate surface area is 177 Å². The molecule has 0 saturated carbocycles. The van der Waals surface area contributed by atoms with Crippen LogP contribution in [0.5, 0.6) is 11.5 Å². The van der Waals surface area contributed by atoms with Crippen LogP contribution in [0, 0.1) is 0 Å². The normalized spacial score (nSPS) is 10.7. The van der Waals surface area contributed by atoms with Crippen LogP contribution in [0.25, 0.3) is 0 Å². The largest absolute Gasteiger partial charge is 0.497 e. The molecule has 0 aliphatic carbocycles. The molecule has 156 valence electrons. The molecule has 10 nitrogen and oxygen atoms in total. The Bertz CT molecular complexity index is 1020. The highest BCUT2D eigenvalue weighted by Crippen LogP contribution is 2.29. The van der Waals surface area contributed by atoms with Crippen LogP contribution in [0.3, 0.4) is 0 Å². The zero-order valence-corrected chi connectivity index (χ0v) is 17.2. The first-order valence-corrected chi connectivity index (χ1v) is 9.78. The number of aromatic nitrogens is 3. The van der Waals surface area contributed by atoms with Gasteiger partial charge in [0, 0.05) is 6.07 Å². The van der Waals surface area contributed by atoms with Gasteiger partial charge in [-0.2, -0.15) is 5.10 Å². The molecule has 0 unspecified atom stereocenters. The summed E-state index contributed by atoms with van der Waals surface area (Å²) in [6.45, 7) is 0. The van der Waals surface area contributed by atoms with Crippen LogP contribution in [0.15, 0.2) is 58.8 Å². The van der Waals surface area contributed by atoms with Crippen molar-refractivity contribution < 1.29 is 14.3 Å². The highest BCUT2D eigenvalue weighted by Gasteiger charge is 2.13. The lowest BCUT2D eigenvalue weighted by Crippen LogP contribution is -2.17. The molecule has 2 aromatic carbocycles. The summed E-state index contributed by atoms with van der Waals surface area (Å²) < 4.78 is 11.7. The molecule has 30 heavy (non-hydrogen) atoms. The summed E-state index contributed by atoms with van der Waals surface area (Å²) in [5.41, 5.74) is 4.19. The average molecular weight is 427 g/mol. The molecule has 0 fully saturated rings. The summed E-state index contributed by atoms with van der Waals surface area (Å²) in [4.78, 5) is 12.3. The molecule has 1 aromatic heterocycles. The summed E-state index contributed by atoms with van der Waals surface area (Å²) in [5.74, 6) is 7.18. The van der Waals surface area contributed by atoms with Crippen LogP contribution in [0.4, 0.5) is 11.6 Å². The number of ether oxygens (including phenoxy) is 2. The van der Waals surface area contributed by atoms with E-state index in [0.717, 1.165) is 17.3 Å². The number of hydrogen-bond acceptors (Lipinski definition) is 9. The Morgan fingerprint density at radius 1 is 1.20 bits per heavy atom. The molecule has 3 aromatic rings. The lowest BCUT2D eigenvalue weighted by molar-refractivity contribution is -0.113. The number of rotatable bonds is 9. The number of anilines is 2. The van der Waals surface area contributed by atoms with E-state index in [1.165, 1.54) is 11.8 Å². The minimum atomic E-state index is -0.247. The maximum Gasteiger partial charge on any atom is 0.264 e. The van der Waals surface area contributed by atoms with E-state index in [1.807, 2.05) is 30.3 Å². The van der Waals surface area contributed by atoms with Gasteiger partial charge in [0.1, 0.15) is 11.5 Å². The summed E-state index contributed by atoms with van der Waals surface area (Å²) in [5, 5.41) is 15.1. The topological polar surface area (TPSA) is 129 Å². The quantitative estimate of drug-likeness (QED) is 0.205. The van der Waals surface area contributed by atoms with Crippen LogP contribution in [-0.4, -0.2) is 47.0 Å². The predicted molar refractivity (Wildman–Crippen MR) is 117 cm³/mol. The van der Waals surface area contributed by atoms with Crippen LogP contribution in [0.1, 0.15) is 5.56 Å². The molecule has 0 aliphatic heterocycles. The van der Waals surface area contributed by atoms with Crippen molar-refractivity contribution in [3.05, 3.63) is 54.1 Å². The molecule has 0 spiro atoms. The number of nitrogen functional groups attached to an aromatic ring is 1. The van der Waals surface area contributed by atoms with E-state index in [2.05, 4.69) is 26.0 Å². The van der Waals surface area contributed by atoms with Gasteiger partial charge < -0.3 is 20.6 Å². The maximum atomic E-state index is 12.3. The molecular formula is C19H21N7O3S. The first-order chi connectivity index (χ1) is 14.6. The summed E-state index contributed by atoms with van der Waals surface area (Å²) >= 11 is 1.14. The fourth-order valence-corrected chi connectivity index (χ4v) is 3.03. The Morgan fingerprint density at radius 2 is 2.00 bits per heavy atom. The standard InChI is InChI=1S/C19H21N7O3S/c1-28-14-8-9-15(16(10-14)29-2)22-17(27)12-30-19-25-24-18(26(19)20)23-21-11-13-6-4-3-5-7-13/h3-11H,12,20H2,1-2H3,(H,22,27)(H,23,24)/b21-11+. The smallest absolute Gasteiger partial charge is 0.264 e. The number of nitrogens with two attached hydrogens (primary N) is 1. The second kappa shape index (κ2) is 10.2. The van der Waals surface area contributed by atoms with Gasteiger partial charge in [0.15, 0.2) is 0 Å². The lowest BCUT2D eigenvalue weighted by atomic mass is 10.2. The van der Waals surface area contributed by atoms with Crippen molar-refractivity contribution in [1.29, 1.82) is 0 Å². The van der Waals surface area contributed by atoms with Gasteiger partial charge in [0.05, 0.1) is 31.9 Å². The Balaban J connectivity index is 1.55. The molecule has 1 amide bonds. The van der Waals surface area contributed by atoms with Gasteiger partial charge in [-0.15, -0.1) is 10.2 Å². The summed E-state index contributed by atoms with van der Waals surface area (Å²) in [7, 11) is 3.08. The second-order valence-corrected chi connectivity index (χ2v) is 6.80. The second-order valence-electron chi connectivity index (χ2n) is 5.86. The van der Waals surface area contributed by atoms with Gasteiger partial charge in [0.25, 0.3) is 5.95 Å². The molecule has 0 aliphatic rings. The van der Waals surface area contributed by atoms with Crippen molar-refractivity contribution in [2.45, 2.75) is 5.16 Å². The van der Waals surface area contributed by atoms with E-state index in [0.29, 0.717) is 22.3 Å². The van der Waals surface area contributed by atoms with E-state index in [9.17, 15) is 4.79 Å². The number of nitrogens with one attached hydrogen (secondary N) is 2. The molecule has 4 N–H and O–H groups in total. The minimum absolute atomic E-state index is 0.0812. The van der Waals surface area contributed by atoms with Gasteiger partial charge in [-0.05, 0) is 17.7 Å². The summed E-state index contributed by atoms with van der Waals surface area (Å²) in [6, 6.07) is 14.7. The molecule has 0 radical (unpaired) electrons. The van der Waals surface area contributed by atoms with Crippen molar-refractivity contribution in [3.8, 4) is 11.5 Å². The first-order valence-electron chi connectivity index (χ1n) is 8.80. The molecule has 1 heterocycles. The van der Waals surface area contributed by atoms with Crippen molar-refractivity contribution in [2.24, 2.45) is 5.10 Å². The number of hydrazone groups is 1. The molecule has 11 heteroatoms. The molecule has 0 bridgehead atoms. The van der Waals surface area contributed by atoms with Crippen molar-refractivity contribution in [1.82, 2.24) is 14.9 Å². The number of carbonyl (C=O) groups excluding carboxylic acids is 1. The van der Waals surface area contributed by atoms with Gasteiger partial charge in [-0.25, -0.2) is 10.1 Å². The third-order valence-corrected chi connectivity index (χ3v) is 4.80. The number of carbonyl (C=O) groups is 1. The van der Waals surface area contributed by atoms with Crippen LogP contribution < -0.4 is 26.1 Å². The summed E-state index contributed by atoms with van der Waals surface area (Å²) in [6.07, 6.45) is 1.64. The Hall–Kier alpha value is -3.73. The highest BCUT2D eigenvalue weighted by molar-refractivity contribution is 7.99. The van der Waals surface area contributed by atoms with E-state index >= 15 is 0 Å². The van der Waals surface area contributed by atoms with Crippen LogP contribution in [-0.2, 0) is 4.79 Å². The SMILES string of the molecule is COc1ccc(NC(=O)CSc2nnc(N/N=C/c3ccccc3)n2N)c(OC)c1. The molecule has 0 atom stereocenters. The Morgan fingerprint density at radius 3 is 2.73 bits per heavy atom. The zero-order valence-electron chi connectivity index (χ0n) is 16.4. The third kappa shape index (κ3) is 5.41. The molecule has 3 rings (SSSR count). The van der Waals surface area contributed by atoms with Gasteiger partial charge in [-0.1, -0.05) is 42.1 Å². The lowest BCUT2D eigenvalue weighted by Gasteiger charge is -2.11. The van der Waals surface area contributed by atoms with Crippen LogP contribution in [0.2, 0.25) is 0 Å². The van der Waals surface area contributed by atoms with Crippen molar-refractivity contribution >= 4 is 35.5 Å². The van der Waals surface area contributed by atoms with Crippen molar-refractivity contribution in [3.63, 3.8) is 0 Å². The third-order valence-electron chi connectivity index (χ3n) is 3.86. The van der Waals surface area contributed by atoms with Crippen LogP contribution >= 0.6 is 11.8 Å². The van der Waals surface area contributed by atoms with Gasteiger partial charge in [-0.3, -0.25) is 4.79 Å². The Kier molecular flexibility index (Phi) is 7.11. The van der Waals surface area contributed by atoms with Gasteiger partial charge in [0.2, 0.25) is 11.1 Å². The predicted octanol–water partition coefficient (Wildman–Crippen LogP) is 2.19. The minimum Gasteiger partial charge on any atom is -0.497 e. The average Bonchev–Trinajstić information content (AvgIpc) is 3.12. The van der Waals surface area contributed by atoms with E-state index in [1.54, 1.807) is 31.5 Å². The van der Waals surface area contributed by atoms with E-state index in [4.69, 9.17) is 15.3 Å². The van der Waals surface area contributed by atoms with Crippen molar-refractivity contribution in [2.75, 3.05) is 36.6 Å². The first kappa shape index (κ1) is 21.0. The zero-order chi connectivity index (χ0) is 21.3. The number of nitrogens with zero attached hydrogens (tertiary/aromatic N) is 4. The number of benzene rings is 2. The fraction of sp³-hybridized carbons (Fsp3) is 0.158. The monoisotopic (exact) mass is 427 g/mol. The number of methoxy groups -OCH3 is 2. The highest BCUT2D eigenvalue weighted by atomic mass is 32.2. The maximum absolute atomic E-state index is 12.3. The van der Waals surface area contributed by atoms with Gasteiger partial charge >= 0.3 is 0 Å². The fourth-order valence-electron chi connectivity index (χ4n) is 2.37. The van der Waals surface area contributed by atoms with E-state index < -0.39 is 0 Å². The molecular weight excluding hydrogens is 406 g/mol. The number of thioether (sulfide) groups is 1. The number of hydrogen-bond donors (Lipinski definition) is 3. The van der Waals surface area contributed by atoms with E-state index in [-0.39, 0.29) is 17.6 Å². The number of amides is 1.